The van der Waals surface area contributed by atoms with Gasteiger partial charge in [0.1, 0.15) is 16.8 Å². The van der Waals surface area contributed by atoms with Crippen LogP contribution in [0.5, 0.6) is 5.75 Å². The van der Waals surface area contributed by atoms with E-state index in [1.807, 2.05) is 66.7 Å². The summed E-state index contributed by atoms with van der Waals surface area (Å²) in [5.74, 6) is 0.346. The van der Waals surface area contributed by atoms with Crippen LogP contribution in [0.15, 0.2) is 83.3 Å². The van der Waals surface area contributed by atoms with Crippen molar-refractivity contribution in [3.05, 3.63) is 88.9 Å². The summed E-state index contributed by atoms with van der Waals surface area (Å²) in [6.07, 6.45) is 0.308. The number of nitrogens with zero attached hydrogens (tertiary/aromatic N) is 2. The first-order valence-corrected chi connectivity index (χ1v) is 12.3. The Morgan fingerprint density at radius 3 is 2.46 bits per heavy atom. The molecule has 0 bridgehead atoms. The molecule has 178 valence electrons. The van der Waals surface area contributed by atoms with Gasteiger partial charge in [-0.15, -0.1) is 10.2 Å². The first-order chi connectivity index (χ1) is 17.0. The van der Waals surface area contributed by atoms with Gasteiger partial charge in [0.15, 0.2) is 0 Å². The van der Waals surface area contributed by atoms with Gasteiger partial charge in [0.25, 0.3) is 0 Å². The smallest absolute Gasteiger partial charge is 0.319 e. The molecule has 3 aromatic carbocycles. The predicted octanol–water partition coefficient (Wildman–Crippen LogP) is 5.35. The maximum Gasteiger partial charge on any atom is 0.319 e. The fourth-order valence-electron chi connectivity index (χ4n) is 3.27. The van der Waals surface area contributed by atoms with Gasteiger partial charge in [-0.2, -0.15) is 0 Å². The van der Waals surface area contributed by atoms with E-state index in [1.54, 1.807) is 19.2 Å². The zero-order valence-corrected chi connectivity index (χ0v) is 21.1. The highest BCUT2D eigenvalue weighted by molar-refractivity contribution is 9.10. The minimum atomic E-state index is -0.835. The zero-order chi connectivity index (χ0) is 24.6. The molecule has 0 aliphatic rings. The Kier molecular flexibility index (Phi) is 8.07. The summed E-state index contributed by atoms with van der Waals surface area (Å²) >= 11 is 4.63. The van der Waals surface area contributed by atoms with Crippen molar-refractivity contribution in [2.24, 2.45) is 0 Å². The molecule has 35 heavy (non-hydrogen) atoms. The van der Waals surface area contributed by atoms with Gasteiger partial charge in [0.05, 0.1) is 7.11 Å². The minimum Gasteiger partial charge on any atom is -0.497 e. The summed E-state index contributed by atoms with van der Waals surface area (Å²) in [5, 5.41) is 17.6. The van der Waals surface area contributed by atoms with Gasteiger partial charge in [-0.3, -0.25) is 10.1 Å². The van der Waals surface area contributed by atoms with Gasteiger partial charge in [0.2, 0.25) is 11.0 Å². The number of aromatic nitrogens is 2. The Morgan fingerprint density at radius 1 is 0.971 bits per heavy atom. The summed E-state index contributed by atoms with van der Waals surface area (Å²) in [7, 11) is 1.60. The topological polar surface area (TPSA) is 105 Å². The molecule has 0 spiro atoms. The highest BCUT2D eigenvalue weighted by atomic mass is 79.9. The summed E-state index contributed by atoms with van der Waals surface area (Å²) in [4.78, 5) is 25.8. The number of urea groups is 1. The van der Waals surface area contributed by atoms with Gasteiger partial charge < -0.3 is 15.4 Å². The third kappa shape index (κ3) is 6.87. The average Bonchev–Trinajstić information content (AvgIpc) is 3.32. The highest BCUT2D eigenvalue weighted by Crippen LogP contribution is 2.28. The molecule has 0 saturated carbocycles. The van der Waals surface area contributed by atoms with E-state index in [9.17, 15) is 9.59 Å². The summed E-state index contributed by atoms with van der Waals surface area (Å²) in [6.45, 7) is 0. The molecular formula is C25H22BrN5O3S. The number of rotatable bonds is 8. The molecule has 0 aliphatic heterocycles. The third-order valence-electron chi connectivity index (χ3n) is 4.98. The molecule has 4 rings (SSSR count). The molecule has 3 N–H and O–H groups in total. The molecule has 1 unspecified atom stereocenters. The Hall–Kier alpha value is -3.76. The number of halogens is 1. The van der Waals surface area contributed by atoms with E-state index in [2.05, 4.69) is 42.1 Å². The van der Waals surface area contributed by atoms with Crippen molar-refractivity contribution >= 4 is 50.0 Å². The lowest BCUT2D eigenvalue weighted by atomic mass is 10.1. The number of benzene rings is 3. The van der Waals surface area contributed by atoms with Crippen LogP contribution in [0.4, 0.5) is 15.6 Å². The quantitative estimate of drug-likeness (QED) is 0.274. The van der Waals surface area contributed by atoms with Crippen LogP contribution < -0.4 is 20.7 Å². The second-order valence-electron chi connectivity index (χ2n) is 7.48. The van der Waals surface area contributed by atoms with Crippen molar-refractivity contribution in [1.29, 1.82) is 0 Å². The zero-order valence-electron chi connectivity index (χ0n) is 18.7. The van der Waals surface area contributed by atoms with Gasteiger partial charge in [-0.05, 0) is 48.0 Å². The van der Waals surface area contributed by atoms with Gasteiger partial charge in [0, 0.05) is 22.1 Å². The molecule has 8 nitrogen and oxygen atoms in total. The van der Waals surface area contributed by atoms with E-state index in [-0.39, 0.29) is 0 Å². The molecule has 1 atom stereocenters. The lowest BCUT2D eigenvalue weighted by Crippen LogP contribution is -2.46. The SMILES string of the molecule is COc1ccc(-c2nnc(NC(=O)C(Cc3ccccc3)NC(=O)Nc3cccc(Br)c3)s2)cc1. The summed E-state index contributed by atoms with van der Waals surface area (Å²) < 4.78 is 6.01. The van der Waals surface area contributed by atoms with Crippen molar-refractivity contribution in [2.45, 2.75) is 12.5 Å². The Bertz CT molecular complexity index is 1300. The molecule has 10 heteroatoms. The Balaban J connectivity index is 1.46. The van der Waals surface area contributed by atoms with E-state index in [0.717, 1.165) is 21.3 Å². The predicted molar refractivity (Wildman–Crippen MR) is 141 cm³/mol. The maximum atomic E-state index is 13.1. The summed E-state index contributed by atoms with van der Waals surface area (Å²) in [6, 6.07) is 22.8. The first-order valence-electron chi connectivity index (χ1n) is 10.7. The van der Waals surface area contributed by atoms with Crippen molar-refractivity contribution in [1.82, 2.24) is 15.5 Å². The van der Waals surface area contributed by atoms with Crippen molar-refractivity contribution in [3.63, 3.8) is 0 Å². The first kappa shape index (κ1) is 24.4. The largest absolute Gasteiger partial charge is 0.497 e. The molecule has 0 aliphatic carbocycles. The normalized spacial score (nSPS) is 11.4. The third-order valence-corrected chi connectivity index (χ3v) is 6.36. The van der Waals surface area contributed by atoms with E-state index < -0.39 is 18.0 Å². The second-order valence-corrected chi connectivity index (χ2v) is 9.37. The number of methoxy groups -OCH3 is 1. The number of carbonyl (C=O) groups excluding carboxylic acids is 2. The molecule has 0 fully saturated rings. The van der Waals surface area contributed by atoms with Crippen molar-refractivity contribution in [2.75, 3.05) is 17.7 Å². The molecule has 0 saturated heterocycles. The lowest BCUT2D eigenvalue weighted by molar-refractivity contribution is -0.117. The van der Waals surface area contributed by atoms with Crippen LogP contribution in [0, 0.1) is 0 Å². The van der Waals surface area contributed by atoms with Gasteiger partial charge >= 0.3 is 6.03 Å². The van der Waals surface area contributed by atoms with Crippen LogP contribution in [-0.4, -0.2) is 35.3 Å². The molecule has 0 radical (unpaired) electrons. The Morgan fingerprint density at radius 2 is 1.74 bits per heavy atom. The van der Waals surface area contributed by atoms with Gasteiger partial charge in [-0.1, -0.05) is 63.7 Å². The van der Waals surface area contributed by atoms with Crippen LogP contribution in [0.25, 0.3) is 10.6 Å². The number of hydrogen-bond donors (Lipinski definition) is 3. The van der Waals surface area contributed by atoms with Crippen LogP contribution >= 0.6 is 27.3 Å². The van der Waals surface area contributed by atoms with Crippen LogP contribution in [0.1, 0.15) is 5.56 Å². The number of hydrogen-bond acceptors (Lipinski definition) is 6. The Labute approximate surface area is 214 Å². The maximum absolute atomic E-state index is 13.1. The fraction of sp³-hybridized carbons (Fsp3) is 0.120. The number of ether oxygens (including phenoxy) is 1. The van der Waals surface area contributed by atoms with Crippen LogP contribution in [0.2, 0.25) is 0 Å². The van der Waals surface area contributed by atoms with Crippen molar-refractivity contribution < 1.29 is 14.3 Å². The van der Waals surface area contributed by atoms with E-state index in [0.29, 0.717) is 22.2 Å². The average molecular weight is 552 g/mol. The standard InChI is InChI=1S/C25H22BrN5O3S/c1-34-20-12-10-17(11-13-20)23-30-31-25(35-23)29-22(32)21(14-16-6-3-2-4-7-16)28-24(33)27-19-9-5-8-18(26)15-19/h2-13,15,21H,14H2,1H3,(H2,27,28,33)(H,29,31,32). The fourth-order valence-corrected chi connectivity index (χ4v) is 4.42. The van der Waals surface area contributed by atoms with E-state index in [4.69, 9.17) is 4.74 Å². The minimum absolute atomic E-state index is 0.308. The molecular weight excluding hydrogens is 530 g/mol. The van der Waals surface area contributed by atoms with Gasteiger partial charge in [-0.25, -0.2) is 4.79 Å². The number of amides is 3. The van der Waals surface area contributed by atoms with Crippen LogP contribution in [-0.2, 0) is 11.2 Å². The molecule has 4 aromatic rings. The van der Waals surface area contributed by atoms with Crippen LogP contribution in [0.3, 0.4) is 0 Å². The van der Waals surface area contributed by atoms with Crippen molar-refractivity contribution in [3.8, 4) is 16.3 Å². The lowest BCUT2D eigenvalue weighted by Gasteiger charge is -2.18. The highest BCUT2D eigenvalue weighted by Gasteiger charge is 2.23. The monoisotopic (exact) mass is 551 g/mol. The van der Waals surface area contributed by atoms with E-state index in [1.165, 1.54) is 11.3 Å². The molecule has 1 heterocycles. The van der Waals surface area contributed by atoms with E-state index >= 15 is 0 Å². The molecule has 3 amide bonds. The number of anilines is 2. The molecule has 1 aromatic heterocycles. The summed E-state index contributed by atoms with van der Waals surface area (Å²) in [5.41, 5.74) is 2.37. The second kappa shape index (κ2) is 11.6. The number of nitrogens with one attached hydrogen (secondary N) is 3. The number of carbonyl (C=O) groups is 2.